The van der Waals surface area contributed by atoms with Crippen LogP contribution in [0, 0.1) is 11.3 Å². The van der Waals surface area contributed by atoms with Crippen LogP contribution in [-0.4, -0.2) is 10.9 Å². The van der Waals surface area contributed by atoms with Crippen molar-refractivity contribution in [2.75, 3.05) is 0 Å². The van der Waals surface area contributed by atoms with Crippen molar-refractivity contribution in [2.24, 2.45) is 0 Å². The Morgan fingerprint density at radius 2 is 2.13 bits per heavy atom. The van der Waals surface area contributed by atoms with Gasteiger partial charge in [0.1, 0.15) is 5.69 Å². The number of furan rings is 1. The van der Waals surface area contributed by atoms with Crippen LogP contribution in [0.15, 0.2) is 52.5 Å². The first-order chi connectivity index (χ1) is 11.2. The Balaban J connectivity index is 1.70. The van der Waals surface area contributed by atoms with E-state index in [9.17, 15) is 4.79 Å². The van der Waals surface area contributed by atoms with E-state index in [-0.39, 0.29) is 11.9 Å². The summed E-state index contributed by atoms with van der Waals surface area (Å²) >= 11 is 1.36. The molecule has 23 heavy (non-hydrogen) atoms. The topological polar surface area (TPSA) is 78.9 Å². The van der Waals surface area contributed by atoms with Gasteiger partial charge in [0.15, 0.2) is 10.8 Å². The zero-order valence-electron chi connectivity index (χ0n) is 12.3. The number of hydrogen-bond acceptors (Lipinski definition) is 5. The molecule has 0 spiro atoms. The lowest BCUT2D eigenvalue weighted by atomic mass is 10.1. The average molecular weight is 323 g/mol. The number of aromatic nitrogens is 1. The van der Waals surface area contributed by atoms with Crippen LogP contribution >= 0.6 is 11.3 Å². The second-order valence-electron chi connectivity index (χ2n) is 4.94. The maximum atomic E-state index is 12.3. The maximum Gasteiger partial charge on any atom is 0.271 e. The summed E-state index contributed by atoms with van der Waals surface area (Å²) in [7, 11) is 0. The molecule has 0 saturated heterocycles. The fraction of sp³-hybridized carbons (Fsp3) is 0.118. The first-order valence-corrected chi connectivity index (χ1v) is 7.85. The molecule has 0 fully saturated rings. The SMILES string of the molecule is CC(NC(=O)c1csc(-c2ccco2)n1)c1ccc(C#N)cc1. The van der Waals surface area contributed by atoms with Crippen LogP contribution in [0.5, 0.6) is 0 Å². The van der Waals surface area contributed by atoms with Crippen molar-refractivity contribution < 1.29 is 9.21 Å². The normalized spacial score (nSPS) is 11.7. The molecular weight excluding hydrogens is 310 g/mol. The molecule has 0 aliphatic carbocycles. The number of benzene rings is 1. The summed E-state index contributed by atoms with van der Waals surface area (Å²) in [6, 6.07) is 12.6. The fourth-order valence-corrected chi connectivity index (χ4v) is 2.86. The third-order valence-electron chi connectivity index (χ3n) is 3.36. The molecule has 1 amide bonds. The van der Waals surface area contributed by atoms with Crippen molar-refractivity contribution in [1.29, 1.82) is 5.26 Å². The molecule has 5 nitrogen and oxygen atoms in total. The quantitative estimate of drug-likeness (QED) is 0.792. The molecular formula is C17H13N3O2S. The summed E-state index contributed by atoms with van der Waals surface area (Å²) in [5, 5.41) is 14.1. The van der Waals surface area contributed by atoms with E-state index in [4.69, 9.17) is 9.68 Å². The molecule has 0 bridgehead atoms. The second kappa shape index (κ2) is 6.46. The van der Waals surface area contributed by atoms with Gasteiger partial charge in [0.25, 0.3) is 5.91 Å². The first kappa shape index (κ1) is 15.0. The Kier molecular flexibility index (Phi) is 4.22. The van der Waals surface area contributed by atoms with Crippen molar-refractivity contribution >= 4 is 17.2 Å². The Bertz CT molecular complexity index is 845. The molecule has 3 rings (SSSR count). The maximum absolute atomic E-state index is 12.3. The molecule has 6 heteroatoms. The van der Waals surface area contributed by atoms with Gasteiger partial charge >= 0.3 is 0 Å². The number of nitrogens with one attached hydrogen (secondary N) is 1. The monoisotopic (exact) mass is 323 g/mol. The lowest BCUT2D eigenvalue weighted by Gasteiger charge is -2.13. The molecule has 2 heterocycles. The third kappa shape index (κ3) is 3.30. The number of hydrogen-bond donors (Lipinski definition) is 1. The standard InChI is InChI=1S/C17H13N3O2S/c1-11(13-6-4-12(9-18)5-7-13)19-16(21)14-10-23-17(20-14)15-3-2-8-22-15/h2-8,10-11H,1H3,(H,19,21). The van der Waals surface area contributed by atoms with Crippen molar-refractivity contribution in [3.05, 3.63) is 64.9 Å². The van der Waals surface area contributed by atoms with Gasteiger partial charge < -0.3 is 9.73 Å². The van der Waals surface area contributed by atoms with E-state index in [1.165, 1.54) is 11.3 Å². The summed E-state index contributed by atoms with van der Waals surface area (Å²) in [4.78, 5) is 16.6. The third-order valence-corrected chi connectivity index (χ3v) is 4.21. The number of thiazole rings is 1. The number of nitrogens with zero attached hydrogens (tertiary/aromatic N) is 2. The van der Waals surface area contributed by atoms with E-state index in [1.54, 1.807) is 35.9 Å². The predicted octanol–water partition coefficient (Wildman–Crippen LogP) is 3.77. The minimum absolute atomic E-state index is 0.177. The molecule has 0 aliphatic rings. The van der Waals surface area contributed by atoms with Crippen LogP contribution in [-0.2, 0) is 0 Å². The van der Waals surface area contributed by atoms with Gasteiger partial charge in [-0.15, -0.1) is 11.3 Å². The number of carbonyl (C=O) groups is 1. The smallest absolute Gasteiger partial charge is 0.271 e. The molecule has 1 N–H and O–H groups in total. The van der Waals surface area contributed by atoms with Crippen LogP contribution in [0.1, 0.15) is 34.6 Å². The number of carbonyl (C=O) groups excluding carboxylic acids is 1. The van der Waals surface area contributed by atoms with Gasteiger partial charge in [0.05, 0.1) is 23.9 Å². The van der Waals surface area contributed by atoms with Gasteiger partial charge in [-0.25, -0.2) is 4.98 Å². The van der Waals surface area contributed by atoms with E-state index >= 15 is 0 Å². The highest BCUT2D eigenvalue weighted by Crippen LogP contribution is 2.24. The molecule has 0 aliphatic heterocycles. The van der Waals surface area contributed by atoms with Crippen LogP contribution in [0.2, 0.25) is 0 Å². The molecule has 2 aromatic heterocycles. The minimum Gasteiger partial charge on any atom is -0.462 e. The Morgan fingerprint density at radius 3 is 2.78 bits per heavy atom. The van der Waals surface area contributed by atoms with Crippen LogP contribution in [0.3, 0.4) is 0 Å². The molecule has 1 atom stereocenters. The Labute approximate surface area is 137 Å². The number of rotatable bonds is 4. The van der Waals surface area contributed by atoms with Gasteiger partial charge in [-0.3, -0.25) is 4.79 Å². The molecule has 3 aromatic rings. The van der Waals surface area contributed by atoms with E-state index in [0.717, 1.165) is 5.56 Å². The van der Waals surface area contributed by atoms with Crippen molar-refractivity contribution in [1.82, 2.24) is 10.3 Å². The highest BCUT2D eigenvalue weighted by Gasteiger charge is 2.16. The van der Waals surface area contributed by atoms with Gasteiger partial charge in [-0.1, -0.05) is 12.1 Å². The van der Waals surface area contributed by atoms with Crippen molar-refractivity contribution in [3.8, 4) is 16.8 Å². The van der Waals surface area contributed by atoms with Gasteiger partial charge in [-0.2, -0.15) is 5.26 Å². The molecule has 1 aromatic carbocycles. The minimum atomic E-state index is -0.240. The van der Waals surface area contributed by atoms with E-state index in [1.807, 2.05) is 19.1 Å². The van der Waals surface area contributed by atoms with Gasteiger partial charge in [-0.05, 0) is 36.8 Å². The van der Waals surface area contributed by atoms with Gasteiger partial charge in [0, 0.05) is 5.38 Å². The lowest BCUT2D eigenvalue weighted by Crippen LogP contribution is -2.26. The van der Waals surface area contributed by atoms with E-state index < -0.39 is 0 Å². The highest BCUT2D eigenvalue weighted by atomic mass is 32.1. The second-order valence-corrected chi connectivity index (χ2v) is 5.80. The van der Waals surface area contributed by atoms with Crippen molar-refractivity contribution in [3.63, 3.8) is 0 Å². The van der Waals surface area contributed by atoms with Crippen molar-refractivity contribution in [2.45, 2.75) is 13.0 Å². The fourth-order valence-electron chi connectivity index (χ4n) is 2.09. The highest BCUT2D eigenvalue weighted by molar-refractivity contribution is 7.13. The Hall–Kier alpha value is -2.91. The van der Waals surface area contributed by atoms with Gasteiger partial charge in [0.2, 0.25) is 0 Å². The number of amides is 1. The first-order valence-electron chi connectivity index (χ1n) is 6.97. The summed E-state index contributed by atoms with van der Waals surface area (Å²) < 4.78 is 5.27. The zero-order valence-corrected chi connectivity index (χ0v) is 13.1. The van der Waals surface area contributed by atoms with Crippen LogP contribution in [0.4, 0.5) is 0 Å². The van der Waals surface area contributed by atoms with E-state index in [2.05, 4.69) is 16.4 Å². The summed E-state index contributed by atoms with van der Waals surface area (Å²) in [6.45, 7) is 1.89. The Morgan fingerprint density at radius 1 is 1.35 bits per heavy atom. The lowest BCUT2D eigenvalue weighted by molar-refractivity contribution is 0.0935. The van der Waals surface area contributed by atoms with Crippen LogP contribution in [0.25, 0.3) is 10.8 Å². The predicted molar refractivity (Wildman–Crippen MR) is 86.9 cm³/mol. The zero-order chi connectivity index (χ0) is 16.2. The largest absolute Gasteiger partial charge is 0.462 e. The van der Waals surface area contributed by atoms with E-state index in [0.29, 0.717) is 22.0 Å². The molecule has 0 radical (unpaired) electrons. The molecule has 1 unspecified atom stereocenters. The average Bonchev–Trinajstić information content (AvgIpc) is 3.25. The molecule has 114 valence electrons. The van der Waals surface area contributed by atoms with Crippen LogP contribution < -0.4 is 5.32 Å². The number of nitriles is 1. The summed E-state index contributed by atoms with van der Waals surface area (Å²) in [5.41, 5.74) is 1.88. The summed E-state index contributed by atoms with van der Waals surface area (Å²) in [6.07, 6.45) is 1.57. The summed E-state index contributed by atoms with van der Waals surface area (Å²) in [5.74, 6) is 0.408. The molecule has 0 saturated carbocycles.